The number of halogens is 1. The van der Waals surface area contributed by atoms with Crippen LogP contribution in [0, 0.1) is 0 Å². The molecule has 1 aliphatic heterocycles. The van der Waals surface area contributed by atoms with E-state index in [1.165, 1.54) is 0 Å². The summed E-state index contributed by atoms with van der Waals surface area (Å²) < 4.78 is 5.57. The summed E-state index contributed by atoms with van der Waals surface area (Å²) in [5.74, 6) is 6.35. The average molecular weight is 258 g/mol. The Morgan fingerprint density at radius 1 is 1.59 bits per heavy atom. The molecule has 2 atom stereocenters. The first kappa shape index (κ1) is 12.3. The number of nitrogens with zero attached hydrogens (tertiary/aromatic N) is 3. The number of nitrogen functional groups attached to an aromatic ring is 1. The molecule has 0 amide bonds. The van der Waals surface area contributed by atoms with Crippen LogP contribution in [0.15, 0.2) is 6.20 Å². The lowest BCUT2D eigenvalue weighted by atomic mass is 10.2. The molecule has 1 saturated heterocycles. The van der Waals surface area contributed by atoms with Crippen LogP contribution in [0.2, 0.25) is 5.02 Å². The number of rotatable bonds is 2. The minimum absolute atomic E-state index is 0.159. The maximum Gasteiger partial charge on any atom is 0.239 e. The standard InChI is InChI=1S/C10H16ClN5O/c1-6-5-17-7(2)4-16(6)9-8(11)3-13-10(14-9)15-12/h3,6-7H,4-5,12H2,1-2H3,(H,13,14,15). The first-order chi connectivity index (χ1) is 8.11. The SMILES string of the molecule is CC1CN(c2nc(NN)ncc2Cl)C(C)CO1. The van der Waals surface area contributed by atoms with Crippen molar-refractivity contribution in [3.63, 3.8) is 0 Å². The van der Waals surface area contributed by atoms with Crippen molar-refractivity contribution >= 4 is 23.4 Å². The quantitative estimate of drug-likeness (QED) is 0.609. The molecule has 2 unspecified atom stereocenters. The second-order valence-electron chi connectivity index (χ2n) is 4.15. The number of hydrogen-bond donors (Lipinski definition) is 2. The Balaban J connectivity index is 2.30. The monoisotopic (exact) mass is 257 g/mol. The molecule has 2 rings (SSSR count). The van der Waals surface area contributed by atoms with Crippen molar-refractivity contribution in [1.82, 2.24) is 9.97 Å². The van der Waals surface area contributed by atoms with E-state index in [1.54, 1.807) is 6.20 Å². The molecule has 0 saturated carbocycles. The Bertz CT molecular complexity index is 402. The Kier molecular flexibility index (Phi) is 3.66. The lowest BCUT2D eigenvalue weighted by Gasteiger charge is -2.37. The summed E-state index contributed by atoms with van der Waals surface area (Å²) in [6, 6.07) is 0.226. The van der Waals surface area contributed by atoms with Crippen molar-refractivity contribution in [2.24, 2.45) is 5.84 Å². The fourth-order valence-corrected chi connectivity index (χ4v) is 2.03. The third-order valence-corrected chi connectivity index (χ3v) is 3.00. The molecule has 7 heteroatoms. The smallest absolute Gasteiger partial charge is 0.239 e. The number of nitrogens with one attached hydrogen (secondary N) is 1. The lowest BCUT2D eigenvalue weighted by molar-refractivity contribution is 0.0340. The molecular weight excluding hydrogens is 242 g/mol. The van der Waals surface area contributed by atoms with Gasteiger partial charge in [-0.3, -0.25) is 5.43 Å². The van der Waals surface area contributed by atoms with E-state index < -0.39 is 0 Å². The normalized spacial score (nSPS) is 24.8. The predicted octanol–water partition coefficient (Wildman–Crippen LogP) is 1.03. The van der Waals surface area contributed by atoms with E-state index >= 15 is 0 Å². The molecule has 0 aromatic carbocycles. The van der Waals surface area contributed by atoms with Gasteiger partial charge in [-0.25, -0.2) is 10.8 Å². The van der Waals surface area contributed by atoms with Gasteiger partial charge >= 0.3 is 0 Å². The molecule has 94 valence electrons. The van der Waals surface area contributed by atoms with Gasteiger partial charge in [0.2, 0.25) is 5.95 Å². The van der Waals surface area contributed by atoms with Crippen LogP contribution in [0.25, 0.3) is 0 Å². The van der Waals surface area contributed by atoms with Gasteiger partial charge in [0.15, 0.2) is 5.82 Å². The number of aromatic nitrogens is 2. The van der Waals surface area contributed by atoms with E-state index in [4.69, 9.17) is 22.2 Å². The van der Waals surface area contributed by atoms with Crippen LogP contribution in [-0.4, -0.2) is 35.3 Å². The zero-order valence-corrected chi connectivity index (χ0v) is 10.6. The number of nitrogens with two attached hydrogens (primary N) is 1. The Morgan fingerprint density at radius 2 is 2.35 bits per heavy atom. The van der Waals surface area contributed by atoms with Crippen LogP contribution in [-0.2, 0) is 4.74 Å². The summed E-state index contributed by atoms with van der Waals surface area (Å²) in [6.45, 7) is 5.50. The Hall–Kier alpha value is -1.11. The molecule has 17 heavy (non-hydrogen) atoms. The summed E-state index contributed by atoms with van der Waals surface area (Å²) in [5.41, 5.74) is 2.42. The summed E-state index contributed by atoms with van der Waals surface area (Å²) in [6.07, 6.45) is 1.71. The minimum atomic E-state index is 0.159. The summed E-state index contributed by atoms with van der Waals surface area (Å²) >= 11 is 6.12. The highest BCUT2D eigenvalue weighted by Gasteiger charge is 2.26. The zero-order chi connectivity index (χ0) is 12.4. The molecule has 1 fully saturated rings. The minimum Gasteiger partial charge on any atom is -0.375 e. The highest BCUT2D eigenvalue weighted by Crippen LogP contribution is 2.27. The van der Waals surface area contributed by atoms with E-state index in [0.29, 0.717) is 23.4 Å². The average Bonchev–Trinajstić information content (AvgIpc) is 2.33. The van der Waals surface area contributed by atoms with Gasteiger partial charge in [0, 0.05) is 6.54 Å². The van der Waals surface area contributed by atoms with E-state index in [9.17, 15) is 0 Å². The van der Waals surface area contributed by atoms with E-state index in [-0.39, 0.29) is 12.1 Å². The summed E-state index contributed by atoms with van der Waals surface area (Å²) in [4.78, 5) is 10.4. The number of anilines is 2. The molecule has 3 N–H and O–H groups in total. The summed E-state index contributed by atoms with van der Waals surface area (Å²) in [7, 11) is 0. The molecule has 1 aromatic rings. The van der Waals surface area contributed by atoms with Crippen molar-refractivity contribution in [2.75, 3.05) is 23.5 Å². The van der Waals surface area contributed by atoms with Gasteiger partial charge in [-0.05, 0) is 13.8 Å². The van der Waals surface area contributed by atoms with E-state index in [1.807, 2.05) is 6.92 Å². The van der Waals surface area contributed by atoms with Gasteiger partial charge in [0.1, 0.15) is 5.02 Å². The molecule has 1 aromatic heterocycles. The zero-order valence-electron chi connectivity index (χ0n) is 9.85. The number of hydrazine groups is 1. The Labute approximate surface area is 105 Å². The lowest BCUT2D eigenvalue weighted by Crippen LogP contribution is -2.48. The third kappa shape index (κ3) is 2.59. The fourth-order valence-electron chi connectivity index (χ4n) is 1.83. The summed E-state index contributed by atoms with van der Waals surface area (Å²) in [5, 5.41) is 0.518. The highest BCUT2D eigenvalue weighted by atomic mass is 35.5. The van der Waals surface area contributed by atoms with Crippen LogP contribution in [0.4, 0.5) is 11.8 Å². The second-order valence-corrected chi connectivity index (χ2v) is 4.56. The topological polar surface area (TPSA) is 76.3 Å². The van der Waals surface area contributed by atoms with Crippen molar-refractivity contribution in [1.29, 1.82) is 0 Å². The first-order valence-electron chi connectivity index (χ1n) is 5.49. The molecule has 0 aliphatic carbocycles. The molecule has 0 spiro atoms. The Morgan fingerprint density at radius 3 is 3.06 bits per heavy atom. The first-order valence-corrected chi connectivity index (χ1v) is 5.87. The van der Waals surface area contributed by atoms with Gasteiger partial charge in [0.05, 0.1) is 24.9 Å². The van der Waals surface area contributed by atoms with Crippen LogP contribution >= 0.6 is 11.6 Å². The van der Waals surface area contributed by atoms with Gasteiger partial charge in [-0.1, -0.05) is 11.6 Å². The molecule has 0 radical (unpaired) electrons. The number of ether oxygens (including phenoxy) is 1. The fraction of sp³-hybridized carbons (Fsp3) is 0.600. The van der Waals surface area contributed by atoms with Crippen LogP contribution in [0.1, 0.15) is 13.8 Å². The maximum atomic E-state index is 6.12. The largest absolute Gasteiger partial charge is 0.375 e. The van der Waals surface area contributed by atoms with E-state index in [0.717, 1.165) is 6.54 Å². The molecule has 2 heterocycles. The molecular formula is C10H16ClN5O. The number of morpholine rings is 1. The van der Waals surface area contributed by atoms with Crippen LogP contribution < -0.4 is 16.2 Å². The van der Waals surface area contributed by atoms with Crippen molar-refractivity contribution in [3.05, 3.63) is 11.2 Å². The third-order valence-electron chi connectivity index (χ3n) is 2.73. The molecule has 1 aliphatic rings. The van der Waals surface area contributed by atoms with Crippen LogP contribution in [0.3, 0.4) is 0 Å². The molecule has 0 bridgehead atoms. The van der Waals surface area contributed by atoms with Crippen LogP contribution in [0.5, 0.6) is 0 Å². The second kappa shape index (κ2) is 5.03. The van der Waals surface area contributed by atoms with Crippen molar-refractivity contribution < 1.29 is 4.74 Å². The van der Waals surface area contributed by atoms with Crippen molar-refractivity contribution in [3.8, 4) is 0 Å². The molecule has 6 nitrogen and oxygen atoms in total. The van der Waals surface area contributed by atoms with Crippen molar-refractivity contribution in [2.45, 2.75) is 26.0 Å². The van der Waals surface area contributed by atoms with Gasteiger partial charge in [0.25, 0.3) is 0 Å². The van der Waals surface area contributed by atoms with Gasteiger partial charge < -0.3 is 9.64 Å². The van der Waals surface area contributed by atoms with Gasteiger partial charge in [-0.2, -0.15) is 4.98 Å². The maximum absolute atomic E-state index is 6.12. The van der Waals surface area contributed by atoms with Gasteiger partial charge in [-0.15, -0.1) is 0 Å². The van der Waals surface area contributed by atoms with E-state index in [2.05, 4.69) is 27.2 Å². The predicted molar refractivity (Wildman–Crippen MR) is 67.1 cm³/mol. The highest BCUT2D eigenvalue weighted by molar-refractivity contribution is 6.32. The number of hydrogen-bond acceptors (Lipinski definition) is 6.